The monoisotopic (exact) mass is 222 g/mol. The minimum atomic E-state index is -2.84. The van der Waals surface area contributed by atoms with Crippen molar-refractivity contribution in [2.24, 2.45) is 0 Å². The third-order valence-electron chi connectivity index (χ3n) is 1.43. The van der Waals surface area contributed by atoms with E-state index in [2.05, 4.69) is 4.74 Å². The number of hydrogen-bond acceptors (Lipinski definition) is 2. The van der Waals surface area contributed by atoms with Crippen LogP contribution in [-0.2, 0) is 0 Å². The van der Waals surface area contributed by atoms with Crippen LogP contribution < -0.4 is 9.47 Å². The lowest BCUT2D eigenvalue weighted by molar-refractivity contribution is -0.0498. The third kappa shape index (κ3) is 3.03. The maximum absolute atomic E-state index is 11.8. The molecule has 14 heavy (non-hydrogen) atoms. The largest absolute Gasteiger partial charge is 0.492 e. The molecule has 0 aromatic heterocycles. The van der Waals surface area contributed by atoms with Crippen molar-refractivity contribution < 1.29 is 18.3 Å². The lowest BCUT2D eigenvalue weighted by atomic mass is 10.3. The Morgan fingerprint density at radius 3 is 2.64 bits per heavy atom. The van der Waals surface area contributed by atoms with Gasteiger partial charge in [0.15, 0.2) is 0 Å². The van der Waals surface area contributed by atoms with Crippen molar-refractivity contribution in [1.82, 2.24) is 0 Å². The molecule has 5 heteroatoms. The van der Waals surface area contributed by atoms with Crippen molar-refractivity contribution in [3.8, 4) is 11.5 Å². The summed E-state index contributed by atoms with van der Waals surface area (Å²) >= 11 is 5.74. The summed E-state index contributed by atoms with van der Waals surface area (Å²) in [4.78, 5) is 0. The molecule has 0 N–H and O–H groups in total. The molecule has 0 atom stereocenters. The van der Waals surface area contributed by atoms with Gasteiger partial charge in [-0.25, -0.2) is 0 Å². The molecule has 0 unspecified atom stereocenters. The second-order valence-corrected chi connectivity index (χ2v) is 2.81. The Kier molecular flexibility index (Phi) is 3.95. The lowest BCUT2D eigenvalue weighted by Gasteiger charge is -2.08. The van der Waals surface area contributed by atoms with Crippen molar-refractivity contribution in [2.45, 2.75) is 13.5 Å². The van der Waals surface area contributed by atoms with Gasteiger partial charge in [-0.05, 0) is 19.1 Å². The highest BCUT2D eigenvalue weighted by atomic mass is 35.5. The fourth-order valence-corrected chi connectivity index (χ4v) is 1.16. The molecule has 0 heterocycles. The Hall–Kier alpha value is -1.03. The number of benzene rings is 1. The van der Waals surface area contributed by atoms with Crippen molar-refractivity contribution in [3.63, 3.8) is 0 Å². The molecule has 0 bridgehead atoms. The summed E-state index contributed by atoms with van der Waals surface area (Å²) in [7, 11) is 0. The molecule has 1 aromatic carbocycles. The number of rotatable bonds is 4. The van der Waals surface area contributed by atoms with Crippen LogP contribution in [0, 0.1) is 0 Å². The molecular weight excluding hydrogens is 214 g/mol. The van der Waals surface area contributed by atoms with E-state index in [9.17, 15) is 8.78 Å². The molecule has 0 radical (unpaired) electrons. The van der Waals surface area contributed by atoms with Gasteiger partial charge in [0.1, 0.15) is 11.5 Å². The first-order valence-corrected chi connectivity index (χ1v) is 4.38. The van der Waals surface area contributed by atoms with E-state index in [4.69, 9.17) is 16.3 Å². The van der Waals surface area contributed by atoms with Crippen LogP contribution in [0.25, 0.3) is 0 Å². The predicted octanol–water partition coefficient (Wildman–Crippen LogP) is 3.34. The fourth-order valence-electron chi connectivity index (χ4n) is 0.930. The van der Waals surface area contributed by atoms with E-state index in [-0.39, 0.29) is 10.8 Å². The molecule has 2 nitrogen and oxygen atoms in total. The van der Waals surface area contributed by atoms with E-state index >= 15 is 0 Å². The van der Waals surface area contributed by atoms with Gasteiger partial charge >= 0.3 is 6.61 Å². The van der Waals surface area contributed by atoms with E-state index in [1.54, 1.807) is 6.92 Å². The van der Waals surface area contributed by atoms with Gasteiger partial charge in [0.05, 0.1) is 11.6 Å². The Morgan fingerprint density at radius 1 is 1.43 bits per heavy atom. The van der Waals surface area contributed by atoms with Gasteiger partial charge in [0.2, 0.25) is 0 Å². The molecule has 0 amide bonds. The molecule has 78 valence electrons. The highest BCUT2D eigenvalue weighted by Gasteiger charge is 2.07. The van der Waals surface area contributed by atoms with Crippen LogP contribution in [0.2, 0.25) is 5.02 Å². The average molecular weight is 223 g/mol. The first kappa shape index (κ1) is 11.0. The standard InChI is InChI=1S/C9H9ClF2O2/c1-2-13-8-4-3-6(5-7(8)10)14-9(11)12/h3-5,9H,2H2,1H3. The molecule has 0 aliphatic heterocycles. The van der Waals surface area contributed by atoms with E-state index in [0.29, 0.717) is 12.4 Å². The minimum Gasteiger partial charge on any atom is -0.492 e. The van der Waals surface area contributed by atoms with E-state index in [1.807, 2.05) is 0 Å². The van der Waals surface area contributed by atoms with Gasteiger partial charge in [-0.1, -0.05) is 11.6 Å². The zero-order valence-corrected chi connectivity index (χ0v) is 8.22. The van der Waals surface area contributed by atoms with Gasteiger partial charge < -0.3 is 9.47 Å². The van der Waals surface area contributed by atoms with Gasteiger partial charge in [-0.15, -0.1) is 0 Å². The molecule has 0 saturated carbocycles. The van der Waals surface area contributed by atoms with Crippen LogP contribution >= 0.6 is 11.6 Å². The summed E-state index contributed by atoms with van der Waals surface area (Å²) in [6, 6.07) is 4.16. The smallest absolute Gasteiger partial charge is 0.387 e. The first-order chi connectivity index (χ1) is 6.63. The summed E-state index contributed by atoms with van der Waals surface area (Å²) in [5, 5.41) is 0.255. The van der Waals surface area contributed by atoms with E-state index < -0.39 is 6.61 Å². The van der Waals surface area contributed by atoms with Gasteiger partial charge in [0.25, 0.3) is 0 Å². The molecule has 0 fully saturated rings. The SMILES string of the molecule is CCOc1ccc(OC(F)F)cc1Cl. The molecule has 1 rings (SSSR count). The summed E-state index contributed by atoms with van der Waals surface area (Å²) < 4.78 is 32.9. The second kappa shape index (κ2) is 5.00. The average Bonchev–Trinajstić information content (AvgIpc) is 2.09. The highest BCUT2D eigenvalue weighted by molar-refractivity contribution is 6.32. The molecule has 0 saturated heterocycles. The molecule has 1 aromatic rings. The number of hydrogen-bond donors (Lipinski definition) is 0. The van der Waals surface area contributed by atoms with Crippen LogP contribution in [0.1, 0.15) is 6.92 Å². The van der Waals surface area contributed by atoms with Crippen LogP contribution in [0.3, 0.4) is 0 Å². The lowest BCUT2D eigenvalue weighted by Crippen LogP contribution is -2.02. The topological polar surface area (TPSA) is 18.5 Å². The van der Waals surface area contributed by atoms with Gasteiger partial charge in [-0.3, -0.25) is 0 Å². The zero-order valence-electron chi connectivity index (χ0n) is 7.47. The van der Waals surface area contributed by atoms with Crippen LogP contribution in [0.4, 0.5) is 8.78 Å². The Morgan fingerprint density at radius 2 is 2.14 bits per heavy atom. The molecule has 0 spiro atoms. The minimum absolute atomic E-state index is 0.0217. The molecule has 0 aliphatic carbocycles. The summed E-state index contributed by atoms with van der Waals surface area (Å²) in [6.07, 6.45) is 0. The quantitative estimate of drug-likeness (QED) is 0.778. The summed E-state index contributed by atoms with van der Waals surface area (Å²) in [6.45, 7) is -0.571. The molecule has 0 aliphatic rings. The van der Waals surface area contributed by atoms with Gasteiger partial charge in [-0.2, -0.15) is 8.78 Å². The van der Waals surface area contributed by atoms with Crippen molar-refractivity contribution in [2.75, 3.05) is 6.61 Å². The van der Waals surface area contributed by atoms with E-state index in [1.165, 1.54) is 18.2 Å². The predicted molar refractivity (Wildman–Crippen MR) is 49.3 cm³/mol. The summed E-state index contributed by atoms with van der Waals surface area (Å²) in [5.74, 6) is 0.476. The Bertz CT molecular complexity index is 305. The van der Waals surface area contributed by atoms with Crippen molar-refractivity contribution >= 4 is 11.6 Å². The molecular formula is C9H9ClF2O2. The van der Waals surface area contributed by atoms with Crippen LogP contribution in [-0.4, -0.2) is 13.2 Å². The number of ether oxygens (including phenoxy) is 2. The first-order valence-electron chi connectivity index (χ1n) is 4.00. The zero-order chi connectivity index (χ0) is 10.6. The third-order valence-corrected chi connectivity index (χ3v) is 1.72. The highest BCUT2D eigenvalue weighted by Crippen LogP contribution is 2.29. The summed E-state index contributed by atoms with van der Waals surface area (Å²) in [5.41, 5.74) is 0. The second-order valence-electron chi connectivity index (χ2n) is 2.40. The normalized spacial score (nSPS) is 10.4. The van der Waals surface area contributed by atoms with Crippen LogP contribution in [0.15, 0.2) is 18.2 Å². The van der Waals surface area contributed by atoms with Crippen molar-refractivity contribution in [3.05, 3.63) is 23.2 Å². The Balaban J connectivity index is 2.78. The fraction of sp³-hybridized carbons (Fsp3) is 0.333. The maximum atomic E-state index is 11.8. The van der Waals surface area contributed by atoms with Crippen molar-refractivity contribution in [1.29, 1.82) is 0 Å². The number of halogens is 3. The maximum Gasteiger partial charge on any atom is 0.387 e. The Labute approximate surface area is 85.4 Å². The van der Waals surface area contributed by atoms with E-state index in [0.717, 1.165) is 0 Å². The van der Waals surface area contributed by atoms with Gasteiger partial charge in [0, 0.05) is 6.07 Å². The number of alkyl halides is 2. The van der Waals surface area contributed by atoms with Crippen LogP contribution in [0.5, 0.6) is 11.5 Å².